The monoisotopic (exact) mass is 409 g/mol. The fourth-order valence-electron chi connectivity index (χ4n) is 3.84. The van der Waals surface area contributed by atoms with Gasteiger partial charge in [0.1, 0.15) is 12.4 Å². The number of carbonyl (C=O) groups is 1. The fraction of sp³-hybridized carbons (Fsp3) is 0.480. The molecule has 0 aromatic heterocycles. The van der Waals surface area contributed by atoms with Gasteiger partial charge in [0.25, 0.3) is 0 Å². The highest BCUT2D eigenvalue weighted by atomic mass is 16.5. The number of likely N-dealkylation sites (tertiary alicyclic amines) is 1. The summed E-state index contributed by atoms with van der Waals surface area (Å²) in [6, 6.07) is 18.6. The maximum atomic E-state index is 12.4. The largest absolute Gasteiger partial charge is 0.489 e. The van der Waals surface area contributed by atoms with E-state index in [4.69, 9.17) is 4.74 Å². The van der Waals surface area contributed by atoms with Crippen LogP contribution in [0.1, 0.15) is 30.4 Å². The van der Waals surface area contributed by atoms with E-state index in [2.05, 4.69) is 59.5 Å². The van der Waals surface area contributed by atoms with Gasteiger partial charge in [-0.25, -0.2) is 0 Å². The van der Waals surface area contributed by atoms with E-state index in [1.54, 1.807) is 0 Å². The van der Waals surface area contributed by atoms with Gasteiger partial charge in [-0.15, -0.1) is 0 Å². The Kier molecular flexibility index (Phi) is 8.72. The third-order valence-electron chi connectivity index (χ3n) is 5.59. The quantitative estimate of drug-likeness (QED) is 0.610. The zero-order valence-electron chi connectivity index (χ0n) is 18.3. The Bertz CT molecular complexity index is 771. The highest BCUT2D eigenvalue weighted by molar-refractivity contribution is 5.78. The Hall–Kier alpha value is -2.37. The molecule has 0 unspecified atom stereocenters. The van der Waals surface area contributed by atoms with Crippen LogP contribution in [-0.2, 0) is 17.9 Å². The minimum absolute atomic E-state index is 0.154. The first kappa shape index (κ1) is 22.3. The molecule has 0 bridgehead atoms. The molecule has 1 fully saturated rings. The summed E-state index contributed by atoms with van der Waals surface area (Å²) < 4.78 is 5.96. The van der Waals surface area contributed by atoms with Gasteiger partial charge >= 0.3 is 0 Å². The Balaban J connectivity index is 1.40. The summed E-state index contributed by atoms with van der Waals surface area (Å²) in [6.45, 7) is 5.19. The molecule has 5 nitrogen and oxygen atoms in total. The molecule has 5 heteroatoms. The first-order chi connectivity index (χ1) is 14.6. The van der Waals surface area contributed by atoms with Crippen molar-refractivity contribution < 1.29 is 9.53 Å². The average Bonchev–Trinajstić information content (AvgIpc) is 2.76. The van der Waals surface area contributed by atoms with E-state index in [-0.39, 0.29) is 11.8 Å². The van der Waals surface area contributed by atoms with Crippen molar-refractivity contribution >= 4 is 5.91 Å². The molecule has 0 spiro atoms. The van der Waals surface area contributed by atoms with E-state index in [0.717, 1.165) is 57.7 Å². The van der Waals surface area contributed by atoms with Crippen LogP contribution < -0.4 is 10.1 Å². The fourth-order valence-corrected chi connectivity index (χ4v) is 3.84. The van der Waals surface area contributed by atoms with Gasteiger partial charge in [0.15, 0.2) is 0 Å². The molecule has 1 N–H and O–H groups in total. The van der Waals surface area contributed by atoms with Crippen LogP contribution in [0.15, 0.2) is 54.6 Å². The van der Waals surface area contributed by atoms with E-state index >= 15 is 0 Å². The van der Waals surface area contributed by atoms with Crippen molar-refractivity contribution in [1.29, 1.82) is 0 Å². The van der Waals surface area contributed by atoms with Gasteiger partial charge in [-0.05, 0) is 76.3 Å². The van der Waals surface area contributed by atoms with Gasteiger partial charge < -0.3 is 15.0 Å². The third kappa shape index (κ3) is 7.47. The zero-order valence-corrected chi connectivity index (χ0v) is 18.3. The molecule has 0 saturated carbocycles. The van der Waals surface area contributed by atoms with Crippen LogP contribution >= 0.6 is 0 Å². The highest BCUT2D eigenvalue weighted by Crippen LogP contribution is 2.21. The van der Waals surface area contributed by atoms with Gasteiger partial charge in [0, 0.05) is 19.0 Å². The lowest BCUT2D eigenvalue weighted by Gasteiger charge is -2.31. The highest BCUT2D eigenvalue weighted by Gasteiger charge is 2.24. The lowest BCUT2D eigenvalue weighted by Crippen LogP contribution is -2.40. The molecule has 1 heterocycles. The Morgan fingerprint density at radius 2 is 1.80 bits per heavy atom. The van der Waals surface area contributed by atoms with Crippen molar-refractivity contribution in [3.05, 3.63) is 65.7 Å². The predicted octanol–water partition coefficient (Wildman–Crippen LogP) is 3.55. The first-order valence-electron chi connectivity index (χ1n) is 11.0. The number of piperidine rings is 1. The molecule has 30 heavy (non-hydrogen) atoms. The van der Waals surface area contributed by atoms with Crippen LogP contribution in [0.4, 0.5) is 0 Å². The topological polar surface area (TPSA) is 44.8 Å². The van der Waals surface area contributed by atoms with Crippen molar-refractivity contribution in [3.63, 3.8) is 0 Å². The molecule has 0 radical (unpaired) electrons. The van der Waals surface area contributed by atoms with Gasteiger partial charge in [0.05, 0.1) is 0 Å². The van der Waals surface area contributed by atoms with Crippen LogP contribution in [-0.4, -0.2) is 56.0 Å². The zero-order chi connectivity index (χ0) is 21.2. The van der Waals surface area contributed by atoms with Crippen molar-refractivity contribution in [2.45, 2.75) is 32.4 Å². The average molecular weight is 410 g/mol. The van der Waals surface area contributed by atoms with Crippen LogP contribution in [0.2, 0.25) is 0 Å². The third-order valence-corrected chi connectivity index (χ3v) is 5.59. The van der Waals surface area contributed by atoms with Gasteiger partial charge in [-0.2, -0.15) is 0 Å². The normalized spacial score (nSPS) is 15.3. The number of benzene rings is 2. The second-order valence-electron chi connectivity index (χ2n) is 8.42. The van der Waals surface area contributed by atoms with Crippen LogP contribution in [0.5, 0.6) is 5.75 Å². The predicted molar refractivity (Wildman–Crippen MR) is 121 cm³/mol. The summed E-state index contributed by atoms with van der Waals surface area (Å²) in [6.07, 6.45) is 2.87. The Morgan fingerprint density at radius 3 is 2.53 bits per heavy atom. The van der Waals surface area contributed by atoms with Crippen molar-refractivity contribution in [2.24, 2.45) is 5.92 Å². The Morgan fingerprint density at radius 1 is 1.07 bits per heavy atom. The molecule has 162 valence electrons. The summed E-state index contributed by atoms with van der Waals surface area (Å²) in [7, 11) is 4.12. The van der Waals surface area contributed by atoms with E-state index in [0.29, 0.717) is 6.61 Å². The van der Waals surface area contributed by atoms with Gasteiger partial charge in [-0.1, -0.05) is 42.5 Å². The molecule has 2 aromatic carbocycles. The minimum atomic E-state index is 0.154. The number of nitrogens with zero attached hydrogens (tertiary/aromatic N) is 2. The number of hydrogen-bond donors (Lipinski definition) is 1. The van der Waals surface area contributed by atoms with E-state index < -0.39 is 0 Å². The molecule has 2 aromatic rings. The maximum Gasteiger partial charge on any atom is 0.223 e. The van der Waals surface area contributed by atoms with Crippen molar-refractivity contribution in [3.8, 4) is 5.75 Å². The van der Waals surface area contributed by atoms with Crippen molar-refractivity contribution in [1.82, 2.24) is 15.1 Å². The molecule has 1 saturated heterocycles. The molecule has 1 aliphatic heterocycles. The molecule has 1 amide bonds. The SMILES string of the molecule is CN(C)CCCNC(=O)C1CCN(Cc2cccc(OCc3ccccc3)c2)CC1. The number of hydrogen-bond acceptors (Lipinski definition) is 4. The second kappa shape index (κ2) is 11.7. The molecular formula is C25H35N3O2. The molecule has 3 rings (SSSR count). The number of nitrogens with one attached hydrogen (secondary N) is 1. The molecular weight excluding hydrogens is 374 g/mol. The molecule has 1 aliphatic rings. The smallest absolute Gasteiger partial charge is 0.223 e. The summed E-state index contributed by atoms with van der Waals surface area (Å²) in [4.78, 5) is 17.0. The summed E-state index contributed by atoms with van der Waals surface area (Å²) in [5.74, 6) is 1.29. The van der Waals surface area contributed by atoms with E-state index in [1.165, 1.54) is 11.1 Å². The molecule has 0 aliphatic carbocycles. The Labute approximate surface area is 181 Å². The standard InChI is InChI=1S/C25H35N3O2/c1-27(2)15-7-14-26-25(29)23-12-16-28(17-13-23)19-22-10-6-11-24(18-22)30-20-21-8-4-3-5-9-21/h3-6,8-11,18,23H,7,12-17,19-20H2,1-2H3,(H,26,29). The van der Waals surface area contributed by atoms with Crippen molar-refractivity contribution in [2.75, 3.05) is 40.3 Å². The van der Waals surface area contributed by atoms with Crippen LogP contribution in [0.25, 0.3) is 0 Å². The lowest BCUT2D eigenvalue weighted by atomic mass is 9.95. The lowest BCUT2D eigenvalue weighted by molar-refractivity contribution is -0.126. The number of carbonyl (C=O) groups excluding carboxylic acids is 1. The second-order valence-corrected chi connectivity index (χ2v) is 8.42. The number of amides is 1. The van der Waals surface area contributed by atoms with Gasteiger partial charge in [-0.3, -0.25) is 9.69 Å². The summed E-state index contributed by atoms with van der Waals surface area (Å²) in [5, 5.41) is 3.11. The van der Waals surface area contributed by atoms with Crippen LogP contribution in [0.3, 0.4) is 0 Å². The van der Waals surface area contributed by atoms with E-state index in [1.807, 2.05) is 24.3 Å². The summed E-state index contributed by atoms with van der Waals surface area (Å²) in [5.41, 5.74) is 2.43. The minimum Gasteiger partial charge on any atom is -0.489 e. The summed E-state index contributed by atoms with van der Waals surface area (Å²) >= 11 is 0. The van der Waals surface area contributed by atoms with E-state index in [9.17, 15) is 4.79 Å². The molecule has 0 atom stereocenters. The number of rotatable bonds is 10. The maximum absolute atomic E-state index is 12.4. The number of ether oxygens (including phenoxy) is 1. The first-order valence-corrected chi connectivity index (χ1v) is 11.0. The van der Waals surface area contributed by atoms with Gasteiger partial charge in [0.2, 0.25) is 5.91 Å². The van der Waals surface area contributed by atoms with Crippen LogP contribution in [0, 0.1) is 5.92 Å².